The van der Waals surface area contributed by atoms with Gasteiger partial charge in [0.15, 0.2) is 0 Å². The zero-order valence-electron chi connectivity index (χ0n) is 14.8. The number of hydrogen-bond donors (Lipinski definition) is 2. The Balaban J connectivity index is 2.67. The standard InChI is InChI=1S/C19H30N2O2/c1-14(2)9-8-12-20-19(23)18(16-10-6-5-7-11-16)21-17(22)13-15(3)4/h5-7,10-11,14-15,18H,8-9,12-13H2,1-4H3,(H,20,23)(H,21,22). The predicted octanol–water partition coefficient (Wildman–Crippen LogP) is 3.44. The van der Waals surface area contributed by atoms with Gasteiger partial charge in [0.2, 0.25) is 11.8 Å². The molecule has 1 aromatic rings. The maximum Gasteiger partial charge on any atom is 0.247 e. The molecule has 1 unspecified atom stereocenters. The average molecular weight is 318 g/mol. The fourth-order valence-corrected chi connectivity index (χ4v) is 2.36. The Morgan fingerprint density at radius 1 is 1.00 bits per heavy atom. The first-order valence-corrected chi connectivity index (χ1v) is 8.52. The van der Waals surface area contributed by atoms with Crippen molar-refractivity contribution in [2.75, 3.05) is 6.54 Å². The van der Waals surface area contributed by atoms with Crippen LogP contribution in [0.2, 0.25) is 0 Å². The van der Waals surface area contributed by atoms with Crippen LogP contribution in [0.3, 0.4) is 0 Å². The van der Waals surface area contributed by atoms with Crippen LogP contribution in [0.15, 0.2) is 30.3 Å². The second-order valence-electron chi connectivity index (χ2n) is 6.84. The molecule has 4 heteroatoms. The van der Waals surface area contributed by atoms with E-state index in [1.807, 2.05) is 44.2 Å². The molecule has 1 rings (SSSR count). The van der Waals surface area contributed by atoms with Crippen molar-refractivity contribution < 1.29 is 9.59 Å². The Kier molecular flexibility index (Phi) is 8.38. The van der Waals surface area contributed by atoms with Crippen LogP contribution in [0.1, 0.15) is 58.6 Å². The van der Waals surface area contributed by atoms with E-state index in [-0.39, 0.29) is 17.7 Å². The number of amides is 2. The number of carbonyl (C=O) groups is 2. The minimum atomic E-state index is -0.624. The van der Waals surface area contributed by atoms with Gasteiger partial charge in [-0.25, -0.2) is 0 Å². The van der Waals surface area contributed by atoms with E-state index in [1.54, 1.807) is 0 Å². The predicted molar refractivity (Wildman–Crippen MR) is 93.9 cm³/mol. The molecule has 0 bridgehead atoms. The molecule has 0 heterocycles. The topological polar surface area (TPSA) is 58.2 Å². The molecular weight excluding hydrogens is 288 g/mol. The molecule has 0 radical (unpaired) electrons. The normalized spacial score (nSPS) is 12.3. The van der Waals surface area contributed by atoms with Crippen molar-refractivity contribution in [3.63, 3.8) is 0 Å². The number of rotatable bonds is 9. The molecule has 0 aliphatic carbocycles. The minimum absolute atomic E-state index is 0.0915. The summed E-state index contributed by atoms with van der Waals surface area (Å²) in [6, 6.07) is 8.77. The molecule has 1 atom stereocenters. The van der Waals surface area contributed by atoms with Gasteiger partial charge in [0, 0.05) is 13.0 Å². The summed E-state index contributed by atoms with van der Waals surface area (Å²) >= 11 is 0. The molecule has 0 aliphatic rings. The molecule has 4 nitrogen and oxygen atoms in total. The van der Waals surface area contributed by atoms with Crippen molar-refractivity contribution in [3.8, 4) is 0 Å². The van der Waals surface area contributed by atoms with Gasteiger partial charge in [-0.2, -0.15) is 0 Å². The van der Waals surface area contributed by atoms with Gasteiger partial charge in [-0.05, 0) is 30.2 Å². The summed E-state index contributed by atoms with van der Waals surface area (Å²) in [7, 11) is 0. The summed E-state index contributed by atoms with van der Waals surface area (Å²) < 4.78 is 0. The van der Waals surface area contributed by atoms with E-state index in [9.17, 15) is 9.59 Å². The first kappa shape index (κ1) is 19.2. The van der Waals surface area contributed by atoms with Crippen LogP contribution in [0.25, 0.3) is 0 Å². The quantitative estimate of drug-likeness (QED) is 0.685. The zero-order chi connectivity index (χ0) is 17.2. The number of nitrogens with one attached hydrogen (secondary N) is 2. The van der Waals surface area contributed by atoms with Gasteiger partial charge < -0.3 is 10.6 Å². The van der Waals surface area contributed by atoms with Crippen molar-refractivity contribution in [2.24, 2.45) is 11.8 Å². The van der Waals surface area contributed by atoms with Crippen molar-refractivity contribution >= 4 is 11.8 Å². The Hall–Kier alpha value is -1.84. The van der Waals surface area contributed by atoms with Crippen molar-refractivity contribution in [3.05, 3.63) is 35.9 Å². The van der Waals surface area contributed by atoms with Crippen LogP contribution < -0.4 is 10.6 Å². The highest BCUT2D eigenvalue weighted by Crippen LogP contribution is 2.14. The lowest BCUT2D eigenvalue weighted by Crippen LogP contribution is -2.41. The highest BCUT2D eigenvalue weighted by atomic mass is 16.2. The first-order chi connectivity index (χ1) is 10.9. The van der Waals surface area contributed by atoms with Crippen molar-refractivity contribution in [1.82, 2.24) is 10.6 Å². The molecular formula is C19H30N2O2. The first-order valence-electron chi connectivity index (χ1n) is 8.52. The van der Waals surface area contributed by atoms with E-state index in [0.717, 1.165) is 18.4 Å². The Morgan fingerprint density at radius 2 is 1.65 bits per heavy atom. The highest BCUT2D eigenvalue weighted by Gasteiger charge is 2.22. The largest absolute Gasteiger partial charge is 0.354 e. The lowest BCUT2D eigenvalue weighted by molar-refractivity contribution is -0.129. The second kappa shape index (κ2) is 10.0. The third-order valence-corrected chi connectivity index (χ3v) is 3.55. The van der Waals surface area contributed by atoms with Gasteiger partial charge in [-0.3, -0.25) is 9.59 Å². The third-order valence-electron chi connectivity index (χ3n) is 3.55. The summed E-state index contributed by atoms with van der Waals surface area (Å²) in [6.07, 6.45) is 2.45. The van der Waals surface area contributed by atoms with E-state index in [0.29, 0.717) is 18.9 Å². The van der Waals surface area contributed by atoms with Gasteiger partial charge in [-0.15, -0.1) is 0 Å². The van der Waals surface area contributed by atoms with Gasteiger partial charge in [0.1, 0.15) is 6.04 Å². The molecule has 128 valence electrons. The molecule has 0 fully saturated rings. The second-order valence-corrected chi connectivity index (χ2v) is 6.84. The highest BCUT2D eigenvalue weighted by molar-refractivity contribution is 5.88. The van der Waals surface area contributed by atoms with Crippen LogP contribution in [-0.4, -0.2) is 18.4 Å². The minimum Gasteiger partial charge on any atom is -0.354 e. The summed E-state index contributed by atoms with van der Waals surface area (Å²) in [5.41, 5.74) is 0.811. The molecule has 0 spiro atoms. The fourth-order valence-electron chi connectivity index (χ4n) is 2.36. The van der Waals surface area contributed by atoms with E-state index in [4.69, 9.17) is 0 Å². The number of carbonyl (C=O) groups excluding carboxylic acids is 2. The van der Waals surface area contributed by atoms with Gasteiger partial charge in [-0.1, -0.05) is 58.0 Å². The Labute approximate surface area is 140 Å². The lowest BCUT2D eigenvalue weighted by atomic mass is 10.0. The van der Waals surface area contributed by atoms with Crippen LogP contribution >= 0.6 is 0 Å². The molecule has 0 aromatic heterocycles. The molecule has 0 saturated heterocycles. The lowest BCUT2D eigenvalue weighted by Gasteiger charge is -2.19. The molecule has 1 aromatic carbocycles. The summed E-state index contributed by atoms with van der Waals surface area (Å²) in [5.74, 6) is 0.659. The fraction of sp³-hybridized carbons (Fsp3) is 0.579. The van der Waals surface area contributed by atoms with Crippen molar-refractivity contribution in [1.29, 1.82) is 0 Å². The third kappa shape index (κ3) is 7.82. The zero-order valence-corrected chi connectivity index (χ0v) is 14.8. The number of hydrogen-bond acceptors (Lipinski definition) is 2. The molecule has 2 N–H and O–H groups in total. The van der Waals surface area contributed by atoms with Crippen LogP contribution in [0, 0.1) is 11.8 Å². The smallest absolute Gasteiger partial charge is 0.247 e. The average Bonchev–Trinajstić information content (AvgIpc) is 2.49. The SMILES string of the molecule is CC(C)CCCNC(=O)C(NC(=O)CC(C)C)c1ccccc1. The Morgan fingerprint density at radius 3 is 2.22 bits per heavy atom. The summed E-state index contributed by atoms with van der Waals surface area (Å²) in [4.78, 5) is 24.6. The molecule has 23 heavy (non-hydrogen) atoms. The van der Waals surface area contributed by atoms with Crippen LogP contribution in [0.5, 0.6) is 0 Å². The van der Waals surface area contributed by atoms with E-state index < -0.39 is 6.04 Å². The van der Waals surface area contributed by atoms with Gasteiger partial charge >= 0.3 is 0 Å². The van der Waals surface area contributed by atoms with Gasteiger partial charge in [0.05, 0.1) is 0 Å². The van der Waals surface area contributed by atoms with Crippen molar-refractivity contribution in [2.45, 2.75) is 53.0 Å². The Bertz CT molecular complexity index is 483. The van der Waals surface area contributed by atoms with E-state index in [2.05, 4.69) is 24.5 Å². The van der Waals surface area contributed by atoms with E-state index in [1.165, 1.54) is 0 Å². The van der Waals surface area contributed by atoms with Crippen LogP contribution in [0.4, 0.5) is 0 Å². The monoisotopic (exact) mass is 318 g/mol. The maximum absolute atomic E-state index is 12.5. The molecule has 0 aliphatic heterocycles. The van der Waals surface area contributed by atoms with Crippen LogP contribution in [-0.2, 0) is 9.59 Å². The summed E-state index contributed by atoms with van der Waals surface area (Å²) in [6.45, 7) is 8.95. The van der Waals surface area contributed by atoms with Gasteiger partial charge in [0.25, 0.3) is 0 Å². The maximum atomic E-state index is 12.5. The molecule has 2 amide bonds. The molecule has 0 saturated carbocycles. The number of benzene rings is 1. The van der Waals surface area contributed by atoms with E-state index >= 15 is 0 Å². The summed E-state index contributed by atoms with van der Waals surface area (Å²) in [5, 5.41) is 5.80.